The third-order valence-corrected chi connectivity index (χ3v) is 4.49. The van der Waals surface area contributed by atoms with Gasteiger partial charge in [-0.3, -0.25) is 4.98 Å². The van der Waals surface area contributed by atoms with Crippen LogP contribution < -0.4 is 5.19 Å². The molecule has 0 fully saturated rings. The first-order chi connectivity index (χ1) is 7.00. The van der Waals surface area contributed by atoms with Gasteiger partial charge in [-0.25, -0.2) is 4.39 Å². The third-order valence-electron chi connectivity index (χ3n) is 2.48. The number of nitrogens with zero attached hydrogens (tertiary/aromatic N) is 1. The molecule has 78 valence electrons. The molecule has 0 unspecified atom stereocenters. The third kappa shape index (κ3) is 1.79. The maximum Gasteiger partial charge on any atom is 0.141 e. The zero-order valence-electron chi connectivity index (χ0n) is 9.21. The summed E-state index contributed by atoms with van der Waals surface area (Å²) in [4.78, 5) is 4.10. The summed E-state index contributed by atoms with van der Waals surface area (Å²) in [5.74, 6) is -0.159. The molecule has 3 heteroatoms. The van der Waals surface area contributed by atoms with Crippen molar-refractivity contribution in [2.45, 2.75) is 19.6 Å². The van der Waals surface area contributed by atoms with Gasteiger partial charge >= 0.3 is 0 Å². The van der Waals surface area contributed by atoms with E-state index in [2.05, 4.69) is 24.6 Å². The van der Waals surface area contributed by atoms with Crippen LogP contribution in [0, 0.1) is 5.82 Å². The van der Waals surface area contributed by atoms with Crippen molar-refractivity contribution in [1.82, 2.24) is 4.98 Å². The quantitative estimate of drug-likeness (QED) is 0.672. The summed E-state index contributed by atoms with van der Waals surface area (Å²) >= 11 is 0. The Bertz CT molecular complexity index is 502. The minimum absolute atomic E-state index is 0.159. The molecule has 0 saturated carbocycles. The summed E-state index contributed by atoms with van der Waals surface area (Å²) in [5, 5.41) is 1.85. The van der Waals surface area contributed by atoms with E-state index in [0.717, 1.165) is 16.1 Å². The van der Waals surface area contributed by atoms with Crippen LogP contribution in [0.2, 0.25) is 19.6 Å². The number of para-hydroxylation sites is 1. The van der Waals surface area contributed by atoms with Crippen molar-refractivity contribution in [3.8, 4) is 0 Å². The van der Waals surface area contributed by atoms with E-state index in [9.17, 15) is 4.39 Å². The fraction of sp³-hybridized carbons (Fsp3) is 0.250. The van der Waals surface area contributed by atoms with E-state index >= 15 is 0 Å². The lowest BCUT2D eigenvalue weighted by Crippen LogP contribution is -2.40. The van der Waals surface area contributed by atoms with Gasteiger partial charge in [0.25, 0.3) is 0 Å². The molecule has 0 bridgehead atoms. The number of benzene rings is 1. The standard InChI is InChI=1S/C12H14FNSi/c1-15(2,3)12-9-6-4-5-7-11(9)14-8-10(12)13/h4-8H,1-3H3. The number of fused-ring (bicyclic) bond motifs is 1. The molecule has 0 aliphatic carbocycles. The number of hydrogen-bond donors (Lipinski definition) is 0. The fourth-order valence-corrected chi connectivity index (χ4v) is 3.68. The monoisotopic (exact) mass is 219 g/mol. The first kappa shape index (κ1) is 10.3. The van der Waals surface area contributed by atoms with Crippen LogP contribution in [0.1, 0.15) is 0 Å². The molecule has 15 heavy (non-hydrogen) atoms. The Morgan fingerprint density at radius 1 is 1.13 bits per heavy atom. The zero-order valence-corrected chi connectivity index (χ0v) is 10.2. The van der Waals surface area contributed by atoms with Gasteiger partial charge in [-0.2, -0.15) is 0 Å². The average molecular weight is 219 g/mol. The van der Waals surface area contributed by atoms with Crippen LogP contribution in [-0.2, 0) is 0 Å². The summed E-state index contributed by atoms with van der Waals surface area (Å²) < 4.78 is 13.8. The Balaban J connectivity index is 2.86. The van der Waals surface area contributed by atoms with Crippen LogP contribution in [0.5, 0.6) is 0 Å². The van der Waals surface area contributed by atoms with Crippen molar-refractivity contribution < 1.29 is 4.39 Å². The van der Waals surface area contributed by atoms with Gasteiger partial charge < -0.3 is 0 Å². The van der Waals surface area contributed by atoms with Crippen LogP contribution >= 0.6 is 0 Å². The summed E-state index contributed by atoms with van der Waals surface area (Å²) in [7, 11) is -1.66. The number of hydrogen-bond acceptors (Lipinski definition) is 1. The Labute approximate surface area is 90.0 Å². The summed E-state index contributed by atoms with van der Waals surface area (Å²) in [5.41, 5.74) is 0.885. The van der Waals surface area contributed by atoms with Crippen LogP contribution in [0.25, 0.3) is 10.9 Å². The largest absolute Gasteiger partial charge is 0.253 e. The highest BCUT2D eigenvalue weighted by atomic mass is 28.3. The zero-order chi connectivity index (χ0) is 11.1. The maximum atomic E-state index is 13.8. The molecule has 1 nitrogen and oxygen atoms in total. The summed E-state index contributed by atoms with van der Waals surface area (Å²) in [6, 6.07) is 7.76. The van der Waals surface area contributed by atoms with Crippen LogP contribution in [0.15, 0.2) is 30.5 Å². The highest BCUT2D eigenvalue weighted by Gasteiger charge is 2.23. The highest BCUT2D eigenvalue weighted by molar-refractivity contribution is 6.90. The first-order valence-corrected chi connectivity index (χ1v) is 8.54. The Morgan fingerprint density at radius 3 is 2.47 bits per heavy atom. The Morgan fingerprint density at radius 2 is 1.80 bits per heavy atom. The summed E-state index contributed by atoms with van der Waals surface area (Å²) in [6.45, 7) is 6.45. The number of pyridine rings is 1. The molecular formula is C12H14FNSi. The molecular weight excluding hydrogens is 205 g/mol. The second-order valence-corrected chi connectivity index (χ2v) is 9.75. The fourth-order valence-electron chi connectivity index (χ4n) is 1.88. The minimum atomic E-state index is -1.66. The van der Waals surface area contributed by atoms with E-state index in [4.69, 9.17) is 0 Å². The minimum Gasteiger partial charge on any atom is -0.253 e. The average Bonchev–Trinajstić information content (AvgIpc) is 2.15. The Kier molecular flexibility index (Phi) is 2.35. The van der Waals surface area contributed by atoms with Gasteiger partial charge in [0.2, 0.25) is 0 Å². The molecule has 0 saturated heterocycles. The summed E-state index contributed by atoms with van der Waals surface area (Å²) in [6.07, 6.45) is 1.34. The topological polar surface area (TPSA) is 12.9 Å². The number of aromatic nitrogens is 1. The lowest BCUT2D eigenvalue weighted by Gasteiger charge is -2.19. The maximum absolute atomic E-state index is 13.8. The van der Waals surface area contributed by atoms with Crippen molar-refractivity contribution in [1.29, 1.82) is 0 Å². The van der Waals surface area contributed by atoms with E-state index in [0.29, 0.717) is 0 Å². The lowest BCUT2D eigenvalue weighted by molar-refractivity contribution is 0.631. The molecule has 2 rings (SSSR count). The van der Waals surface area contributed by atoms with Gasteiger partial charge in [0, 0.05) is 5.39 Å². The van der Waals surface area contributed by atoms with E-state index in [1.165, 1.54) is 6.20 Å². The van der Waals surface area contributed by atoms with Crippen molar-refractivity contribution in [2.75, 3.05) is 0 Å². The van der Waals surface area contributed by atoms with E-state index in [1.807, 2.05) is 24.3 Å². The predicted molar refractivity (Wildman–Crippen MR) is 64.7 cm³/mol. The van der Waals surface area contributed by atoms with Gasteiger partial charge in [-0.15, -0.1) is 0 Å². The second-order valence-electron chi connectivity index (χ2n) is 4.75. The predicted octanol–water partition coefficient (Wildman–Crippen LogP) is 2.92. The molecule has 1 heterocycles. The Hall–Kier alpha value is -1.22. The molecule has 0 spiro atoms. The molecule has 0 aliphatic heterocycles. The first-order valence-electron chi connectivity index (χ1n) is 5.04. The molecule has 1 aromatic heterocycles. The van der Waals surface area contributed by atoms with Crippen molar-refractivity contribution in [2.24, 2.45) is 0 Å². The SMILES string of the molecule is C[Si](C)(C)c1c(F)cnc2ccccc12. The molecule has 0 aliphatic rings. The van der Waals surface area contributed by atoms with Crippen LogP contribution in [0.3, 0.4) is 0 Å². The van der Waals surface area contributed by atoms with Gasteiger partial charge in [-0.1, -0.05) is 37.8 Å². The lowest BCUT2D eigenvalue weighted by atomic mass is 10.2. The second kappa shape index (κ2) is 3.42. The molecule has 2 aromatic rings. The van der Waals surface area contributed by atoms with Crippen LogP contribution in [0.4, 0.5) is 4.39 Å². The number of halogens is 1. The normalized spacial score (nSPS) is 12.0. The molecule has 0 amide bonds. The van der Waals surface area contributed by atoms with Gasteiger partial charge in [-0.05, 0) is 11.3 Å². The van der Waals surface area contributed by atoms with Gasteiger partial charge in [0.15, 0.2) is 0 Å². The number of rotatable bonds is 1. The molecule has 0 atom stereocenters. The van der Waals surface area contributed by atoms with Crippen molar-refractivity contribution in [3.05, 3.63) is 36.3 Å². The van der Waals surface area contributed by atoms with Gasteiger partial charge in [0.1, 0.15) is 5.82 Å². The van der Waals surface area contributed by atoms with Crippen LogP contribution in [-0.4, -0.2) is 13.1 Å². The van der Waals surface area contributed by atoms with Crippen molar-refractivity contribution in [3.63, 3.8) is 0 Å². The van der Waals surface area contributed by atoms with E-state index in [-0.39, 0.29) is 5.82 Å². The smallest absolute Gasteiger partial charge is 0.141 e. The molecule has 0 radical (unpaired) electrons. The van der Waals surface area contributed by atoms with Crippen molar-refractivity contribution >= 4 is 24.2 Å². The molecule has 1 aromatic carbocycles. The van der Waals surface area contributed by atoms with E-state index < -0.39 is 8.07 Å². The van der Waals surface area contributed by atoms with E-state index in [1.54, 1.807) is 0 Å². The molecule has 0 N–H and O–H groups in total. The highest BCUT2D eigenvalue weighted by Crippen LogP contribution is 2.15. The van der Waals surface area contributed by atoms with Gasteiger partial charge in [0.05, 0.1) is 19.8 Å².